The summed E-state index contributed by atoms with van der Waals surface area (Å²) in [6.45, 7) is 3.80. The number of rotatable bonds is 8. The highest BCUT2D eigenvalue weighted by atomic mass is 19.4. The molecule has 0 bridgehead atoms. The lowest BCUT2D eigenvalue weighted by Gasteiger charge is -2.18. The first kappa shape index (κ1) is 28.1. The third kappa shape index (κ3) is 5.76. The van der Waals surface area contributed by atoms with Crippen LogP contribution in [0.4, 0.5) is 24.8 Å². The molecule has 1 amide bonds. The molecule has 44 heavy (non-hydrogen) atoms. The molecule has 224 valence electrons. The molecule has 0 spiro atoms. The number of halogens is 3. The Morgan fingerprint density at radius 1 is 1.02 bits per heavy atom. The van der Waals surface area contributed by atoms with Gasteiger partial charge in [0.1, 0.15) is 0 Å². The fourth-order valence-electron chi connectivity index (χ4n) is 5.55. The molecule has 0 radical (unpaired) electrons. The standard InChI is InChI=1S/C34H31F3N6O/c1-19(39-32(44)24-4-3-5-26(14-24)34(35,36)37)22-10-13-28(21-6-7-21)29(15-22)23-8-9-25-17-38-33(40-30(25)16-23)41-31-18-43(27-11-12-27)42-20(31)2/h3-5,8-10,13-19,21,27H,6-7,11-12H2,1-2H3,(H,39,44)(H,38,40,41)/t19-/m0/s1. The second kappa shape index (κ2) is 10.8. The number of aromatic nitrogens is 4. The van der Waals surface area contributed by atoms with Crippen LogP contribution in [0.1, 0.15) is 83.4 Å². The van der Waals surface area contributed by atoms with Crippen molar-refractivity contribution in [3.05, 3.63) is 101 Å². The van der Waals surface area contributed by atoms with E-state index in [1.165, 1.54) is 17.7 Å². The van der Waals surface area contributed by atoms with Crippen LogP contribution in [0.5, 0.6) is 0 Å². The van der Waals surface area contributed by atoms with Gasteiger partial charge in [-0.2, -0.15) is 18.3 Å². The summed E-state index contributed by atoms with van der Waals surface area (Å²) in [7, 11) is 0. The number of hydrogen-bond acceptors (Lipinski definition) is 5. The molecule has 0 unspecified atom stereocenters. The second-order valence-electron chi connectivity index (χ2n) is 11.8. The summed E-state index contributed by atoms with van der Waals surface area (Å²) in [5.74, 6) is 0.408. The quantitative estimate of drug-likeness (QED) is 0.188. The zero-order valence-corrected chi connectivity index (χ0v) is 24.3. The maximum atomic E-state index is 13.2. The molecule has 2 saturated carbocycles. The van der Waals surface area contributed by atoms with Crippen molar-refractivity contribution in [3.63, 3.8) is 0 Å². The van der Waals surface area contributed by atoms with Crippen molar-refractivity contribution in [1.82, 2.24) is 25.1 Å². The fourth-order valence-corrected chi connectivity index (χ4v) is 5.55. The minimum absolute atomic E-state index is 0.0322. The van der Waals surface area contributed by atoms with Gasteiger partial charge in [-0.3, -0.25) is 9.48 Å². The summed E-state index contributed by atoms with van der Waals surface area (Å²) in [6, 6.07) is 16.8. The van der Waals surface area contributed by atoms with Gasteiger partial charge in [-0.25, -0.2) is 9.97 Å². The van der Waals surface area contributed by atoms with Crippen molar-refractivity contribution < 1.29 is 18.0 Å². The van der Waals surface area contributed by atoms with Gasteiger partial charge < -0.3 is 10.6 Å². The third-order valence-electron chi connectivity index (χ3n) is 8.37. The summed E-state index contributed by atoms with van der Waals surface area (Å²) in [4.78, 5) is 22.2. The van der Waals surface area contributed by atoms with Gasteiger partial charge >= 0.3 is 6.18 Å². The predicted octanol–water partition coefficient (Wildman–Crippen LogP) is 8.27. The zero-order valence-electron chi connectivity index (χ0n) is 24.3. The Labute approximate surface area is 252 Å². The van der Waals surface area contributed by atoms with Gasteiger partial charge in [0.15, 0.2) is 0 Å². The minimum atomic E-state index is -4.52. The molecule has 10 heteroatoms. The molecule has 2 N–H and O–H groups in total. The van der Waals surface area contributed by atoms with Gasteiger partial charge in [0.2, 0.25) is 5.95 Å². The Bertz CT molecular complexity index is 1890. The molecule has 1 atom stereocenters. The SMILES string of the molecule is Cc1nn(C2CC2)cc1Nc1ncc2ccc(-c3cc([C@H](C)NC(=O)c4cccc(C(F)(F)F)c4)ccc3C3CC3)cc2n1. The van der Waals surface area contributed by atoms with E-state index in [1.807, 2.05) is 36.9 Å². The monoisotopic (exact) mass is 596 g/mol. The number of anilines is 2. The fraction of sp³-hybridized carbons (Fsp3) is 0.294. The molecule has 2 aromatic heterocycles. The van der Waals surface area contributed by atoms with Crippen LogP contribution in [-0.4, -0.2) is 25.7 Å². The molecule has 7 nitrogen and oxygen atoms in total. The maximum absolute atomic E-state index is 13.2. The number of nitrogens with zero attached hydrogens (tertiary/aromatic N) is 4. The number of aryl methyl sites for hydroxylation is 1. The summed E-state index contributed by atoms with van der Waals surface area (Å²) in [6.07, 6.45) is 3.84. The zero-order chi connectivity index (χ0) is 30.6. The van der Waals surface area contributed by atoms with E-state index in [4.69, 9.17) is 4.98 Å². The summed E-state index contributed by atoms with van der Waals surface area (Å²) in [5, 5.41) is 11.7. The first-order valence-electron chi connectivity index (χ1n) is 14.8. The van der Waals surface area contributed by atoms with Crippen LogP contribution in [0, 0.1) is 6.92 Å². The number of benzene rings is 3. The van der Waals surface area contributed by atoms with E-state index in [9.17, 15) is 18.0 Å². The minimum Gasteiger partial charge on any atom is -0.346 e. The van der Waals surface area contributed by atoms with E-state index in [0.717, 1.165) is 76.8 Å². The van der Waals surface area contributed by atoms with Crippen molar-refractivity contribution in [3.8, 4) is 11.1 Å². The van der Waals surface area contributed by atoms with E-state index >= 15 is 0 Å². The molecular weight excluding hydrogens is 565 g/mol. The number of hydrogen-bond donors (Lipinski definition) is 2. The van der Waals surface area contributed by atoms with Crippen LogP contribution in [-0.2, 0) is 6.18 Å². The number of fused-ring (bicyclic) bond motifs is 1. The van der Waals surface area contributed by atoms with Crippen molar-refractivity contribution in [1.29, 1.82) is 0 Å². The molecule has 2 aliphatic rings. The van der Waals surface area contributed by atoms with E-state index in [2.05, 4.69) is 45.0 Å². The Morgan fingerprint density at radius 3 is 2.59 bits per heavy atom. The van der Waals surface area contributed by atoms with E-state index in [0.29, 0.717) is 17.9 Å². The lowest BCUT2D eigenvalue weighted by atomic mass is 9.92. The average Bonchev–Trinajstić information content (AvgIpc) is 3.95. The van der Waals surface area contributed by atoms with Gasteiger partial charge in [0.05, 0.1) is 34.5 Å². The molecule has 2 aliphatic carbocycles. The normalized spacial score (nSPS) is 15.8. The Kier molecular flexibility index (Phi) is 6.87. The topological polar surface area (TPSA) is 84.7 Å². The first-order valence-corrected chi connectivity index (χ1v) is 14.8. The molecule has 7 rings (SSSR count). The van der Waals surface area contributed by atoms with Gasteiger partial charge in [0.25, 0.3) is 5.91 Å². The highest BCUT2D eigenvalue weighted by molar-refractivity contribution is 5.94. The second-order valence-corrected chi connectivity index (χ2v) is 11.8. The summed E-state index contributed by atoms with van der Waals surface area (Å²) < 4.78 is 41.6. The van der Waals surface area contributed by atoms with Crippen LogP contribution < -0.4 is 10.6 Å². The van der Waals surface area contributed by atoms with E-state index < -0.39 is 23.7 Å². The smallest absolute Gasteiger partial charge is 0.346 e. The van der Waals surface area contributed by atoms with Gasteiger partial charge in [0, 0.05) is 23.3 Å². The third-order valence-corrected chi connectivity index (χ3v) is 8.37. The number of nitrogens with one attached hydrogen (secondary N) is 2. The number of carbonyl (C=O) groups excluding carboxylic acids is 1. The van der Waals surface area contributed by atoms with Crippen LogP contribution in [0.3, 0.4) is 0 Å². The van der Waals surface area contributed by atoms with E-state index in [-0.39, 0.29) is 5.56 Å². The largest absolute Gasteiger partial charge is 0.416 e. The van der Waals surface area contributed by atoms with Crippen LogP contribution in [0.2, 0.25) is 0 Å². The van der Waals surface area contributed by atoms with E-state index in [1.54, 1.807) is 6.20 Å². The lowest BCUT2D eigenvalue weighted by Crippen LogP contribution is -2.27. The van der Waals surface area contributed by atoms with Crippen LogP contribution in [0.25, 0.3) is 22.0 Å². The summed E-state index contributed by atoms with van der Waals surface area (Å²) in [5.41, 5.74) is 5.85. The molecule has 0 saturated heterocycles. The first-order chi connectivity index (χ1) is 21.1. The van der Waals surface area contributed by atoms with Gasteiger partial charge in [-0.05, 0) is 98.0 Å². The van der Waals surface area contributed by atoms with Crippen LogP contribution in [0.15, 0.2) is 73.1 Å². The molecular formula is C34H31F3N6O. The van der Waals surface area contributed by atoms with Crippen molar-refractivity contribution in [2.24, 2.45) is 0 Å². The predicted molar refractivity (Wildman–Crippen MR) is 163 cm³/mol. The number of alkyl halides is 3. The van der Waals surface area contributed by atoms with Crippen LogP contribution >= 0.6 is 0 Å². The summed E-state index contributed by atoms with van der Waals surface area (Å²) >= 11 is 0. The molecule has 3 aromatic carbocycles. The molecule has 2 heterocycles. The highest BCUT2D eigenvalue weighted by Gasteiger charge is 2.31. The lowest BCUT2D eigenvalue weighted by molar-refractivity contribution is -0.137. The van der Waals surface area contributed by atoms with Crippen molar-refractivity contribution in [2.75, 3.05) is 5.32 Å². The molecule has 0 aliphatic heterocycles. The Balaban J connectivity index is 1.16. The maximum Gasteiger partial charge on any atom is 0.416 e. The average molecular weight is 597 g/mol. The molecule has 5 aromatic rings. The number of carbonyl (C=O) groups is 1. The number of amides is 1. The van der Waals surface area contributed by atoms with Gasteiger partial charge in [-0.1, -0.05) is 30.3 Å². The molecule has 2 fully saturated rings. The highest BCUT2D eigenvalue weighted by Crippen LogP contribution is 2.45. The van der Waals surface area contributed by atoms with Gasteiger partial charge in [-0.15, -0.1) is 0 Å². The Hall–Kier alpha value is -4.73. The van der Waals surface area contributed by atoms with Crippen molar-refractivity contribution >= 4 is 28.4 Å². The Morgan fingerprint density at radius 2 is 1.84 bits per heavy atom. The van der Waals surface area contributed by atoms with Crippen molar-refractivity contribution in [2.45, 2.75) is 63.7 Å².